The van der Waals surface area contributed by atoms with Crippen molar-refractivity contribution < 1.29 is 58.5 Å². The highest BCUT2D eigenvalue weighted by molar-refractivity contribution is 7.92. The molecule has 0 spiro atoms. The second kappa shape index (κ2) is 9.90. The fraction of sp³-hybridized carbons (Fsp3) is 0.500. The van der Waals surface area contributed by atoms with Gasteiger partial charge >= 0.3 is 18.0 Å². The summed E-state index contributed by atoms with van der Waals surface area (Å²) in [5.74, 6) is -1.60. The van der Waals surface area contributed by atoms with E-state index in [4.69, 9.17) is 0 Å². The van der Waals surface area contributed by atoms with E-state index in [0.29, 0.717) is 12.1 Å². The van der Waals surface area contributed by atoms with Gasteiger partial charge in [-0.1, -0.05) is 18.2 Å². The second-order valence-electron chi connectivity index (χ2n) is 10.6. The van der Waals surface area contributed by atoms with Gasteiger partial charge in [0.25, 0.3) is 0 Å². The molecule has 1 fully saturated rings. The number of aliphatic hydroxyl groups is 2. The van der Waals surface area contributed by atoms with Gasteiger partial charge in [0.1, 0.15) is 10.6 Å². The van der Waals surface area contributed by atoms with E-state index in [2.05, 4.69) is 0 Å². The van der Waals surface area contributed by atoms with E-state index in [1.54, 1.807) is 0 Å². The molecule has 6 nitrogen and oxygen atoms in total. The van der Waals surface area contributed by atoms with E-state index in [1.807, 2.05) is 0 Å². The molecule has 0 radical (unpaired) electrons. The number of hydrogen-bond donors (Lipinski definition) is 2. The molecule has 0 unspecified atom stereocenters. The van der Waals surface area contributed by atoms with Gasteiger partial charge in [0.2, 0.25) is 5.91 Å². The van der Waals surface area contributed by atoms with Gasteiger partial charge in [-0.05, 0) is 61.6 Å². The maximum absolute atomic E-state index is 14.9. The molecular formula is C26H25F8NO5S. The van der Waals surface area contributed by atoms with Crippen LogP contribution in [-0.4, -0.2) is 67.6 Å². The van der Waals surface area contributed by atoms with Crippen LogP contribution in [0.4, 0.5) is 35.1 Å². The summed E-state index contributed by atoms with van der Waals surface area (Å²) in [6.45, 7) is -0.645. The summed E-state index contributed by atoms with van der Waals surface area (Å²) in [4.78, 5) is 14.1. The first-order valence-corrected chi connectivity index (χ1v) is 13.8. The molecule has 1 heterocycles. The number of benzene rings is 2. The predicted molar refractivity (Wildman–Crippen MR) is 127 cm³/mol. The van der Waals surface area contributed by atoms with Crippen LogP contribution in [0.1, 0.15) is 36.5 Å². The zero-order chi connectivity index (χ0) is 30.8. The topological polar surface area (TPSA) is 94.9 Å². The lowest BCUT2D eigenvalue weighted by molar-refractivity contribution is -0.348. The van der Waals surface area contributed by atoms with E-state index in [-0.39, 0.29) is 43.0 Å². The molecule has 1 amide bonds. The molecule has 2 atom stereocenters. The molecule has 15 heteroatoms. The lowest BCUT2D eigenvalue weighted by Gasteiger charge is -2.44. The van der Waals surface area contributed by atoms with Gasteiger partial charge < -0.3 is 15.1 Å². The Hall–Kier alpha value is -2.78. The number of carbonyl (C=O) groups is 1. The number of carbonyl (C=O) groups excluding carboxylic acids is 1. The summed E-state index contributed by atoms with van der Waals surface area (Å²) in [5.41, 5.74) is -9.76. The zero-order valence-electron chi connectivity index (χ0n) is 21.4. The van der Waals surface area contributed by atoms with Crippen LogP contribution in [0.25, 0.3) is 0 Å². The first kappa shape index (κ1) is 31.2. The van der Waals surface area contributed by atoms with Crippen molar-refractivity contribution in [2.24, 2.45) is 5.41 Å². The third kappa shape index (κ3) is 4.42. The largest absolute Gasteiger partial charge is 0.435 e. The molecule has 2 aromatic rings. The maximum atomic E-state index is 14.9. The van der Waals surface area contributed by atoms with Crippen LogP contribution in [0, 0.1) is 11.2 Å². The highest BCUT2D eigenvalue weighted by atomic mass is 32.2. The fourth-order valence-electron chi connectivity index (χ4n) is 5.83. The van der Waals surface area contributed by atoms with Gasteiger partial charge in [0.15, 0.2) is 9.84 Å². The Morgan fingerprint density at radius 3 is 2.05 bits per heavy atom. The van der Waals surface area contributed by atoms with Gasteiger partial charge in [-0.25, -0.2) is 17.2 Å². The standard InChI is InChI=1S/C26H25F8NO5S/c1-22(13-36,14-37)21(38)35-11-10-23(41(39,40)18-6-4-17(27)5-7-18)19-8-3-16(12-15(19)2-9-20(23)35)24(28,25(29,30)31)26(32,33)34/h3-8,12,20,36-37H,2,9-11,13-14H2,1H3/t20-,23-/m1/s1. The average molecular weight is 616 g/mol. The molecule has 1 saturated heterocycles. The van der Waals surface area contributed by atoms with Crippen molar-refractivity contribution >= 4 is 15.7 Å². The minimum atomic E-state index is -6.38. The van der Waals surface area contributed by atoms with Gasteiger partial charge in [-0.2, -0.15) is 26.3 Å². The minimum absolute atomic E-state index is 0.224. The molecule has 2 N–H and O–H groups in total. The van der Waals surface area contributed by atoms with Crippen LogP contribution in [-0.2, 0) is 31.5 Å². The Kier molecular flexibility index (Phi) is 7.53. The van der Waals surface area contributed by atoms with Crippen molar-refractivity contribution in [3.8, 4) is 0 Å². The Labute approximate surface area is 229 Å². The molecule has 1 aliphatic carbocycles. The average Bonchev–Trinajstić information content (AvgIpc) is 3.32. The molecular weight excluding hydrogens is 590 g/mol. The number of aryl methyl sites for hydroxylation is 1. The van der Waals surface area contributed by atoms with E-state index in [1.165, 1.54) is 6.92 Å². The summed E-state index contributed by atoms with van der Waals surface area (Å²) in [7, 11) is -4.64. The van der Waals surface area contributed by atoms with E-state index in [0.717, 1.165) is 29.2 Å². The summed E-state index contributed by atoms with van der Waals surface area (Å²) in [5, 5.41) is 19.5. The number of likely N-dealkylation sites (tertiary alicyclic amines) is 1. The maximum Gasteiger partial charge on any atom is 0.435 e. The van der Waals surface area contributed by atoms with Crippen LogP contribution >= 0.6 is 0 Å². The van der Waals surface area contributed by atoms with Crippen LogP contribution in [0.5, 0.6) is 0 Å². The molecule has 0 aromatic heterocycles. The Morgan fingerprint density at radius 1 is 0.976 bits per heavy atom. The lowest BCUT2D eigenvalue weighted by Crippen LogP contribution is -2.56. The second-order valence-corrected chi connectivity index (χ2v) is 12.8. The SMILES string of the molecule is CC(CO)(CO)C(=O)N1CC[C@@]2(S(=O)(=O)c3ccc(F)cc3)c3ccc(C(F)(C(F)(F)F)C(F)(F)F)cc3CC[C@@H]12. The summed E-state index contributed by atoms with van der Waals surface area (Å²) in [6, 6.07) is 3.63. The first-order chi connectivity index (χ1) is 18.8. The third-order valence-corrected chi connectivity index (χ3v) is 10.7. The number of amides is 1. The number of fused-ring (bicyclic) bond motifs is 3. The highest BCUT2D eigenvalue weighted by Crippen LogP contribution is 2.57. The van der Waals surface area contributed by atoms with E-state index < -0.39 is 79.5 Å². The van der Waals surface area contributed by atoms with Gasteiger partial charge in [-0.15, -0.1) is 0 Å². The quantitative estimate of drug-likeness (QED) is 0.373. The van der Waals surface area contributed by atoms with Crippen molar-refractivity contribution in [3.63, 3.8) is 0 Å². The highest BCUT2D eigenvalue weighted by Gasteiger charge is 2.74. The molecule has 226 valence electrons. The monoisotopic (exact) mass is 615 g/mol. The van der Waals surface area contributed by atoms with Crippen LogP contribution in [0.2, 0.25) is 0 Å². The molecule has 4 rings (SSSR count). The predicted octanol–water partition coefficient (Wildman–Crippen LogP) is 4.32. The number of rotatable bonds is 6. The van der Waals surface area contributed by atoms with Crippen molar-refractivity contribution in [1.29, 1.82) is 0 Å². The van der Waals surface area contributed by atoms with Crippen molar-refractivity contribution in [3.05, 3.63) is 65.0 Å². The van der Waals surface area contributed by atoms with E-state index in [9.17, 15) is 58.5 Å². The molecule has 2 aromatic carbocycles. The van der Waals surface area contributed by atoms with Crippen LogP contribution in [0.15, 0.2) is 47.4 Å². The fourth-order valence-corrected chi connectivity index (χ4v) is 8.20. The number of alkyl halides is 7. The van der Waals surface area contributed by atoms with Gasteiger partial charge in [0.05, 0.1) is 29.6 Å². The molecule has 41 heavy (non-hydrogen) atoms. The molecule has 1 aliphatic heterocycles. The lowest BCUT2D eigenvalue weighted by atomic mass is 9.76. The smallest absolute Gasteiger partial charge is 0.395 e. The Morgan fingerprint density at radius 2 is 1.54 bits per heavy atom. The van der Waals surface area contributed by atoms with Crippen molar-refractivity contribution in [2.45, 2.75) is 59.9 Å². The number of nitrogens with zero attached hydrogens (tertiary/aromatic N) is 1. The van der Waals surface area contributed by atoms with E-state index >= 15 is 0 Å². The van der Waals surface area contributed by atoms with Gasteiger partial charge in [-0.3, -0.25) is 4.79 Å². The van der Waals surface area contributed by atoms with Crippen molar-refractivity contribution in [2.75, 3.05) is 19.8 Å². The van der Waals surface area contributed by atoms with Crippen LogP contribution < -0.4 is 0 Å². The number of halogens is 8. The molecule has 2 aliphatic rings. The summed E-state index contributed by atoms with van der Waals surface area (Å²) < 4.78 is 136. The summed E-state index contributed by atoms with van der Waals surface area (Å²) in [6.07, 6.45) is -13.7. The van der Waals surface area contributed by atoms with Crippen LogP contribution in [0.3, 0.4) is 0 Å². The zero-order valence-corrected chi connectivity index (χ0v) is 22.2. The molecule has 0 bridgehead atoms. The number of aliphatic hydroxyl groups excluding tert-OH is 2. The Balaban J connectivity index is 1.96. The number of hydrogen-bond acceptors (Lipinski definition) is 5. The number of sulfone groups is 1. The normalized spacial score (nSPS) is 21.9. The Bertz CT molecular complexity index is 1420. The third-order valence-electron chi connectivity index (χ3n) is 8.14. The first-order valence-electron chi connectivity index (χ1n) is 12.3. The van der Waals surface area contributed by atoms with Gasteiger partial charge in [0, 0.05) is 12.1 Å². The minimum Gasteiger partial charge on any atom is -0.395 e. The van der Waals surface area contributed by atoms with Crippen molar-refractivity contribution in [1.82, 2.24) is 4.90 Å². The molecule has 0 saturated carbocycles. The summed E-state index contributed by atoms with van der Waals surface area (Å²) >= 11 is 0.